The lowest BCUT2D eigenvalue weighted by molar-refractivity contribution is 0.242. The molecule has 1 rings (SSSR count). The Morgan fingerprint density at radius 3 is 2.60 bits per heavy atom. The molecule has 0 amide bonds. The Balaban J connectivity index is 2.77. The number of rotatable bonds is 4. The Morgan fingerprint density at radius 2 is 2.07 bits per heavy atom. The van der Waals surface area contributed by atoms with E-state index in [0.717, 1.165) is 10.0 Å². The van der Waals surface area contributed by atoms with Gasteiger partial charge in [0, 0.05) is 22.1 Å². The lowest BCUT2D eigenvalue weighted by Gasteiger charge is -2.19. The molecule has 0 radical (unpaired) electrons. The van der Waals surface area contributed by atoms with Crippen molar-refractivity contribution in [1.29, 1.82) is 0 Å². The predicted molar refractivity (Wildman–Crippen MR) is 63.9 cm³/mol. The molecule has 0 spiro atoms. The maximum atomic E-state index is 9.71. The summed E-state index contributed by atoms with van der Waals surface area (Å²) in [7, 11) is 0. The van der Waals surface area contributed by atoms with Crippen molar-refractivity contribution in [3.63, 3.8) is 0 Å². The third-order valence-electron chi connectivity index (χ3n) is 2.27. The van der Waals surface area contributed by atoms with Crippen molar-refractivity contribution in [3.8, 4) is 5.75 Å². The molecule has 0 aliphatic carbocycles. The Kier molecular flexibility index (Phi) is 4.57. The Hall–Kier alpha value is -0.580. The monoisotopic (exact) mass is 273 g/mol. The molecular weight excluding hydrogens is 258 g/mol. The van der Waals surface area contributed by atoms with E-state index in [1.54, 1.807) is 6.07 Å². The summed E-state index contributed by atoms with van der Waals surface area (Å²) in [4.78, 5) is 0. The zero-order valence-corrected chi connectivity index (χ0v) is 10.5. The Morgan fingerprint density at radius 1 is 1.40 bits per heavy atom. The number of halogens is 1. The second kappa shape index (κ2) is 5.49. The summed E-state index contributed by atoms with van der Waals surface area (Å²) in [5.74, 6) is 0.259. The largest absolute Gasteiger partial charge is 0.508 e. The smallest absolute Gasteiger partial charge is 0.121 e. The van der Waals surface area contributed by atoms with Gasteiger partial charge in [0.05, 0.1) is 6.61 Å². The van der Waals surface area contributed by atoms with Crippen LogP contribution in [0.2, 0.25) is 0 Å². The summed E-state index contributed by atoms with van der Waals surface area (Å²) in [6.45, 7) is 3.93. The van der Waals surface area contributed by atoms with Crippen molar-refractivity contribution in [2.24, 2.45) is 0 Å². The van der Waals surface area contributed by atoms with Gasteiger partial charge < -0.3 is 15.5 Å². The summed E-state index contributed by atoms with van der Waals surface area (Å²) >= 11 is 3.29. The third-order valence-corrected chi connectivity index (χ3v) is 2.76. The first-order chi connectivity index (χ1) is 7.04. The second-order valence-corrected chi connectivity index (χ2v) is 4.59. The SMILES string of the molecule is CC(N[C@H](C)CO)c1ccc(Br)cc1O. The van der Waals surface area contributed by atoms with Crippen molar-refractivity contribution in [2.45, 2.75) is 25.9 Å². The first-order valence-corrected chi connectivity index (χ1v) is 5.69. The van der Waals surface area contributed by atoms with Crippen LogP contribution < -0.4 is 5.32 Å². The van der Waals surface area contributed by atoms with Crippen LogP contribution in [0.15, 0.2) is 22.7 Å². The topological polar surface area (TPSA) is 52.5 Å². The van der Waals surface area contributed by atoms with E-state index in [0.29, 0.717) is 0 Å². The van der Waals surface area contributed by atoms with Crippen LogP contribution in [0, 0.1) is 0 Å². The number of phenolic OH excluding ortho intramolecular Hbond substituents is 1. The predicted octanol–water partition coefficient (Wildman–Crippen LogP) is 2.19. The zero-order chi connectivity index (χ0) is 11.4. The molecule has 84 valence electrons. The molecule has 3 N–H and O–H groups in total. The third kappa shape index (κ3) is 3.48. The molecule has 4 heteroatoms. The van der Waals surface area contributed by atoms with Gasteiger partial charge >= 0.3 is 0 Å². The summed E-state index contributed by atoms with van der Waals surface area (Å²) in [5.41, 5.74) is 0.832. The number of benzene rings is 1. The molecule has 0 aromatic heterocycles. The highest BCUT2D eigenvalue weighted by Crippen LogP contribution is 2.27. The minimum Gasteiger partial charge on any atom is -0.508 e. The first kappa shape index (κ1) is 12.5. The number of phenols is 1. The van der Waals surface area contributed by atoms with E-state index < -0.39 is 0 Å². The zero-order valence-electron chi connectivity index (χ0n) is 8.87. The van der Waals surface area contributed by atoms with E-state index in [2.05, 4.69) is 21.2 Å². The average molecular weight is 274 g/mol. The van der Waals surface area contributed by atoms with Gasteiger partial charge in [0.1, 0.15) is 5.75 Å². The van der Waals surface area contributed by atoms with Gasteiger partial charge in [-0.15, -0.1) is 0 Å². The van der Waals surface area contributed by atoms with Crippen molar-refractivity contribution in [2.75, 3.05) is 6.61 Å². The van der Waals surface area contributed by atoms with E-state index in [4.69, 9.17) is 5.11 Å². The molecule has 0 aliphatic heterocycles. The maximum absolute atomic E-state index is 9.71. The lowest BCUT2D eigenvalue weighted by Crippen LogP contribution is -2.31. The summed E-state index contributed by atoms with van der Waals surface area (Å²) < 4.78 is 0.853. The van der Waals surface area contributed by atoms with Gasteiger partial charge in [-0.3, -0.25) is 0 Å². The van der Waals surface area contributed by atoms with E-state index in [-0.39, 0.29) is 24.4 Å². The Labute approximate surface area is 98.3 Å². The van der Waals surface area contributed by atoms with Crippen molar-refractivity contribution >= 4 is 15.9 Å². The highest BCUT2D eigenvalue weighted by atomic mass is 79.9. The normalized spacial score (nSPS) is 14.9. The molecular formula is C11H16BrNO2. The molecule has 1 unspecified atom stereocenters. The molecule has 15 heavy (non-hydrogen) atoms. The summed E-state index contributed by atoms with van der Waals surface area (Å²) in [6, 6.07) is 5.44. The van der Waals surface area contributed by atoms with Crippen LogP contribution in [0.4, 0.5) is 0 Å². The van der Waals surface area contributed by atoms with E-state index >= 15 is 0 Å². The van der Waals surface area contributed by atoms with Crippen molar-refractivity contribution in [3.05, 3.63) is 28.2 Å². The minimum atomic E-state index is 0.0141. The van der Waals surface area contributed by atoms with Gasteiger partial charge in [-0.05, 0) is 26.0 Å². The number of hydrogen-bond donors (Lipinski definition) is 3. The fourth-order valence-corrected chi connectivity index (χ4v) is 1.80. The highest BCUT2D eigenvalue weighted by molar-refractivity contribution is 9.10. The van der Waals surface area contributed by atoms with Gasteiger partial charge in [0.15, 0.2) is 0 Å². The number of nitrogens with one attached hydrogen (secondary N) is 1. The quantitative estimate of drug-likeness (QED) is 0.788. The standard InChI is InChI=1S/C11H16BrNO2/c1-7(6-14)13-8(2)10-4-3-9(12)5-11(10)15/h3-5,7-8,13-15H,6H2,1-2H3/t7-,8?/m1/s1. The molecule has 3 nitrogen and oxygen atoms in total. The van der Waals surface area contributed by atoms with Crippen LogP contribution in [0.1, 0.15) is 25.5 Å². The van der Waals surface area contributed by atoms with Crippen LogP contribution in [0.3, 0.4) is 0 Å². The van der Waals surface area contributed by atoms with Gasteiger partial charge in [0.2, 0.25) is 0 Å². The van der Waals surface area contributed by atoms with Crippen LogP contribution in [-0.4, -0.2) is 22.9 Å². The fourth-order valence-electron chi connectivity index (χ4n) is 1.45. The number of aliphatic hydroxyl groups is 1. The van der Waals surface area contributed by atoms with Crippen LogP contribution in [0.5, 0.6) is 5.75 Å². The van der Waals surface area contributed by atoms with Gasteiger partial charge in [-0.2, -0.15) is 0 Å². The second-order valence-electron chi connectivity index (χ2n) is 3.68. The van der Waals surface area contributed by atoms with E-state index in [1.165, 1.54) is 0 Å². The summed E-state index contributed by atoms with van der Waals surface area (Å²) in [5, 5.41) is 21.8. The van der Waals surface area contributed by atoms with Gasteiger partial charge in [0.25, 0.3) is 0 Å². The molecule has 0 saturated carbocycles. The van der Waals surface area contributed by atoms with Crippen LogP contribution >= 0.6 is 15.9 Å². The Bertz CT molecular complexity index is 330. The molecule has 1 aromatic carbocycles. The molecule has 0 bridgehead atoms. The summed E-state index contributed by atoms with van der Waals surface area (Å²) in [6.07, 6.45) is 0. The molecule has 0 heterocycles. The molecule has 0 aliphatic rings. The van der Waals surface area contributed by atoms with Crippen molar-refractivity contribution < 1.29 is 10.2 Å². The average Bonchev–Trinajstić information content (AvgIpc) is 2.17. The number of hydrogen-bond acceptors (Lipinski definition) is 3. The van der Waals surface area contributed by atoms with Gasteiger partial charge in [-0.25, -0.2) is 0 Å². The highest BCUT2D eigenvalue weighted by Gasteiger charge is 2.12. The van der Waals surface area contributed by atoms with Gasteiger partial charge in [-0.1, -0.05) is 22.0 Å². The van der Waals surface area contributed by atoms with Crippen LogP contribution in [0.25, 0.3) is 0 Å². The van der Waals surface area contributed by atoms with Crippen molar-refractivity contribution in [1.82, 2.24) is 5.32 Å². The molecule has 1 aromatic rings. The number of aromatic hydroxyl groups is 1. The first-order valence-electron chi connectivity index (χ1n) is 4.90. The minimum absolute atomic E-state index is 0.0141. The maximum Gasteiger partial charge on any atom is 0.121 e. The van der Waals surface area contributed by atoms with E-state index in [9.17, 15) is 5.11 Å². The lowest BCUT2D eigenvalue weighted by atomic mass is 10.1. The van der Waals surface area contributed by atoms with E-state index in [1.807, 2.05) is 26.0 Å². The molecule has 0 fully saturated rings. The molecule has 2 atom stereocenters. The molecule has 0 saturated heterocycles. The number of aliphatic hydroxyl groups excluding tert-OH is 1. The fraction of sp³-hybridized carbons (Fsp3) is 0.455. The van der Waals surface area contributed by atoms with Crippen LogP contribution in [-0.2, 0) is 0 Å².